The van der Waals surface area contributed by atoms with Gasteiger partial charge in [0.05, 0.1) is 5.52 Å². The van der Waals surface area contributed by atoms with Gasteiger partial charge in [0, 0.05) is 34.1 Å². The molecule has 0 atom stereocenters. The predicted molar refractivity (Wildman–Crippen MR) is 85.8 cm³/mol. The number of aryl methyl sites for hydroxylation is 1. The summed E-state index contributed by atoms with van der Waals surface area (Å²) in [7, 11) is 1.73. The molecule has 0 aliphatic heterocycles. The predicted octanol–water partition coefficient (Wildman–Crippen LogP) is 3.51. The first-order chi connectivity index (χ1) is 10.1. The van der Waals surface area contributed by atoms with E-state index in [9.17, 15) is 9.59 Å². The molecular formula is C17H10BrNO2. The van der Waals surface area contributed by atoms with E-state index >= 15 is 0 Å². The van der Waals surface area contributed by atoms with Crippen molar-refractivity contribution in [3.63, 3.8) is 0 Å². The lowest BCUT2D eigenvalue weighted by atomic mass is 9.84. The highest BCUT2D eigenvalue weighted by molar-refractivity contribution is 9.10. The lowest BCUT2D eigenvalue weighted by Gasteiger charge is -2.21. The SMILES string of the molecule is Cn1c(=O)cc2c3c(c(Br)ccc31)C(=O)c1ccccc1-2. The van der Waals surface area contributed by atoms with E-state index in [0.717, 1.165) is 26.5 Å². The van der Waals surface area contributed by atoms with Gasteiger partial charge in [-0.1, -0.05) is 40.2 Å². The van der Waals surface area contributed by atoms with Gasteiger partial charge in [0.1, 0.15) is 0 Å². The Kier molecular flexibility index (Phi) is 2.48. The number of pyridine rings is 1. The van der Waals surface area contributed by atoms with Crippen LogP contribution in [-0.4, -0.2) is 10.4 Å². The maximum atomic E-state index is 12.8. The lowest BCUT2D eigenvalue weighted by Crippen LogP contribution is -2.20. The van der Waals surface area contributed by atoms with Crippen LogP contribution in [0.1, 0.15) is 15.9 Å². The number of nitrogens with zero attached hydrogens (tertiary/aromatic N) is 1. The van der Waals surface area contributed by atoms with Crippen molar-refractivity contribution in [2.24, 2.45) is 7.05 Å². The van der Waals surface area contributed by atoms with Crippen LogP contribution in [0.4, 0.5) is 0 Å². The third-order valence-corrected chi connectivity index (χ3v) is 4.71. The van der Waals surface area contributed by atoms with Crippen molar-refractivity contribution in [3.8, 4) is 11.1 Å². The molecule has 4 rings (SSSR count). The van der Waals surface area contributed by atoms with Crippen LogP contribution < -0.4 is 5.56 Å². The molecular weight excluding hydrogens is 330 g/mol. The Morgan fingerprint density at radius 2 is 1.67 bits per heavy atom. The summed E-state index contributed by atoms with van der Waals surface area (Å²) in [5.74, 6) is -0.00535. The summed E-state index contributed by atoms with van der Waals surface area (Å²) in [5.41, 5.74) is 3.65. The second-order valence-electron chi connectivity index (χ2n) is 5.15. The Hall–Kier alpha value is -2.20. The molecule has 0 fully saturated rings. The fraction of sp³-hybridized carbons (Fsp3) is 0.0588. The van der Waals surface area contributed by atoms with Crippen molar-refractivity contribution in [1.29, 1.82) is 0 Å². The summed E-state index contributed by atoms with van der Waals surface area (Å²) in [5, 5.41) is 0.843. The minimum absolute atomic E-state index is 0.00535. The standard InChI is InChI=1S/C17H10BrNO2/c1-19-13-7-6-12(18)16-15(13)11(8-14(19)20)9-4-2-3-5-10(9)17(16)21/h2-8H,1H3. The average Bonchev–Trinajstić information content (AvgIpc) is 2.49. The molecule has 0 spiro atoms. The van der Waals surface area contributed by atoms with E-state index in [1.54, 1.807) is 17.7 Å². The van der Waals surface area contributed by atoms with Gasteiger partial charge in [0.15, 0.2) is 5.78 Å². The van der Waals surface area contributed by atoms with Gasteiger partial charge in [0.25, 0.3) is 5.56 Å². The van der Waals surface area contributed by atoms with Crippen molar-refractivity contribution in [2.75, 3.05) is 0 Å². The van der Waals surface area contributed by atoms with Gasteiger partial charge in [-0.2, -0.15) is 0 Å². The van der Waals surface area contributed by atoms with E-state index in [0.29, 0.717) is 11.1 Å². The first kappa shape index (κ1) is 12.5. The molecule has 0 amide bonds. The van der Waals surface area contributed by atoms with Crippen molar-refractivity contribution in [2.45, 2.75) is 0 Å². The van der Waals surface area contributed by atoms with Gasteiger partial charge in [-0.3, -0.25) is 9.59 Å². The molecule has 0 unspecified atom stereocenters. The van der Waals surface area contributed by atoms with Crippen LogP contribution in [0, 0.1) is 0 Å². The minimum Gasteiger partial charge on any atom is -0.311 e. The van der Waals surface area contributed by atoms with Gasteiger partial charge in [0.2, 0.25) is 0 Å². The smallest absolute Gasteiger partial charge is 0.251 e. The number of hydrogen-bond acceptors (Lipinski definition) is 2. The van der Waals surface area contributed by atoms with Crippen molar-refractivity contribution < 1.29 is 4.79 Å². The molecule has 1 aliphatic rings. The van der Waals surface area contributed by atoms with Crippen LogP contribution in [0.2, 0.25) is 0 Å². The molecule has 0 bridgehead atoms. The van der Waals surface area contributed by atoms with Gasteiger partial charge < -0.3 is 4.57 Å². The molecule has 21 heavy (non-hydrogen) atoms. The number of carbonyl (C=O) groups excluding carboxylic acids is 1. The highest BCUT2D eigenvalue weighted by atomic mass is 79.9. The Labute approximate surface area is 129 Å². The molecule has 3 nitrogen and oxygen atoms in total. The van der Waals surface area contributed by atoms with Gasteiger partial charge in [-0.15, -0.1) is 0 Å². The van der Waals surface area contributed by atoms with Crippen LogP contribution in [0.3, 0.4) is 0 Å². The quantitative estimate of drug-likeness (QED) is 0.491. The van der Waals surface area contributed by atoms with Crippen LogP contribution in [-0.2, 0) is 7.05 Å². The summed E-state index contributed by atoms with van der Waals surface area (Å²) in [6.07, 6.45) is 0. The molecule has 3 aromatic rings. The van der Waals surface area contributed by atoms with Crippen LogP contribution in [0.15, 0.2) is 51.7 Å². The summed E-state index contributed by atoms with van der Waals surface area (Å²) < 4.78 is 2.34. The second kappa shape index (κ2) is 4.15. The maximum Gasteiger partial charge on any atom is 0.251 e. The van der Waals surface area contributed by atoms with Crippen LogP contribution in [0.25, 0.3) is 22.0 Å². The summed E-state index contributed by atoms with van der Waals surface area (Å²) in [4.78, 5) is 25.0. The first-order valence-corrected chi connectivity index (χ1v) is 7.35. The third kappa shape index (κ3) is 1.54. The summed E-state index contributed by atoms with van der Waals surface area (Å²) in [6, 6.07) is 12.7. The topological polar surface area (TPSA) is 39.1 Å². The van der Waals surface area contributed by atoms with Gasteiger partial charge in [-0.05, 0) is 23.3 Å². The maximum absolute atomic E-state index is 12.8. The highest BCUT2D eigenvalue weighted by Crippen LogP contribution is 2.40. The molecule has 4 heteroatoms. The van der Waals surface area contributed by atoms with Crippen molar-refractivity contribution >= 4 is 32.6 Å². The molecule has 102 valence electrons. The minimum atomic E-state index is -0.0741. The van der Waals surface area contributed by atoms with Crippen LogP contribution >= 0.6 is 15.9 Å². The van der Waals surface area contributed by atoms with Crippen molar-refractivity contribution in [3.05, 3.63) is 68.4 Å². The van der Waals surface area contributed by atoms with E-state index in [1.807, 2.05) is 36.4 Å². The zero-order chi connectivity index (χ0) is 14.7. The molecule has 0 N–H and O–H groups in total. The van der Waals surface area contributed by atoms with Gasteiger partial charge in [-0.25, -0.2) is 0 Å². The second-order valence-corrected chi connectivity index (χ2v) is 6.00. The van der Waals surface area contributed by atoms with E-state index in [1.165, 1.54) is 0 Å². The van der Waals surface area contributed by atoms with Crippen molar-refractivity contribution in [1.82, 2.24) is 4.57 Å². The number of benzene rings is 2. The molecule has 0 saturated heterocycles. The number of halogens is 1. The molecule has 1 aliphatic carbocycles. The Morgan fingerprint density at radius 1 is 0.952 bits per heavy atom. The fourth-order valence-corrected chi connectivity index (χ4v) is 3.53. The number of ketones is 1. The number of aromatic nitrogens is 1. The molecule has 0 saturated carbocycles. The zero-order valence-corrected chi connectivity index (χ0v) is 12.8. The number of rotatable bonds is 0. The molecule has 1 heterocycles. The Balaban J connectivity index is 2.35. The number of fused-ring (bicyclic) bond motifs is 2. The van der Waals surface area contributed by atoms with Gasteiger partial charge >= 0.3 is 0 Å². The molecule has 0 radical (unpaired) electrons. The lowest BCUT2D eigenvalue weighted by molar-refractivity contribution is 0.103. The molecule has 1 aromatic heterocycles. The van der Waals surface area contributed by atoms with Crippen LogP contribution in [0.5, 0.6) is 0 Å². The Morgan fingerprint density at radius 3 is 2.43 bits per heavy atom. The van der Waals surface area contributed by atoms with E-state index in [-0.39, 0.29) is 11.3 Å². The van der Waals surface area contributed by atoms with E-state index in [4.69, 9.17) is 0 Å². The molecule has 2 aromatic carbocycles. The highest BCUT2D eigenvalue weighted by Gasteiger charge is 2.27. The van der Waals surface area contributed by atoms with E-state index < -0.39 is 0 Å². The monoisotopic (exact) mass is 339 g/mol. The van der Waals surface area contributed by atoms with E-state index in [2.05, 4.69) is 15.9 Å². The number of hydrogen-bond donors (Lipinski definition) is 0. The number of carbonyl (C=O) groups is 1. The Bertz CT molecular complexity index is 1000. The normalized spacial score (nSPS) is 12.6. The first-order valence-electron chi connectivity index (χ1n) is 6.56. The summed E-state index contributed by atoms with van der Waals surface area (Å²) >= 11 is 3.47. The summed E-state index contributed by atoms with van der Waals surface area (Å²) in [6.45, 7) is 0. The largest absolute Gasteiger partial charge is 0.311 e. The fourth-order valence-electron chi connectivity index (χ4n) is 3.01. The average molecular weight is 340 g/mol. The zero-order valence-electron chi connectivity index (χ0n) is 11.2. The third-order valence-electron chi connectivity index (χ3n) is 4.05.